The Morgan fingerprint density at radius 1 is 1.28 bits per heavy atom. The van der Waals surface area contributed by atoms with E-state index in [9.17, 15) is 0 Å². The lowest BCUT2D eigenvalue weighted by Gasteiger charge is -2.21. The monoisotopic (exact) mass is 344 g/mol. The van der Waals surface area contributed by atoms with Crippen molar-refractivity contribution in [2.24, 2.45) is 7.05 Å². The number of aromatic nitrogens is 4. The van der Waals surface area contributed by atoms with Crippen LogP contribution in [0.25, 0.3) is 0 Å². The molecule has 0 fully saturated rings. The molecule has 2 N–H and O–H groups in total. The van der Waals surface area contributed by atoms with E-state index in [-0.39, 0.29) is 6.04 Å². The SMILES string of the molecule is CCOCc1nc2c(c(N[C@@H](CC)c3ccnn3C)n1)CCNCC2. The lowest BCUT2D eigenvalue weighted by atomic mass is 10.1. The summed E-state index contributed by atoms with van der Waals surface area (Å²) in [4.78, 5) is 9.54. The molecular formula is C18H28N6O. The third-order valence-corrected chi connectivity index (χ3v) is 4.60. The van der Waals surface area contributed by atoms with Gasteiger partial charge in [-0.2, -0.15) is 5.10 Å². The summed E-state index contributed by atoms with van der Waals surface area (Å²) < 4.78 is 7.46. The molecule has 0 saturated heterocycles. The van der Waals surface area contributed by atoms with E-state index in [0.29, 0.717) is 13.2 Å². The van der Waals surface area contributed by atoms with E-state index in [1.54, 1.807) is 0 Å². The van der Waals surface area contributed by atoms with Crippen LogP contribution in [0.5, 0.6) is 0 Å². The van der Waals surface area contributed by atoms with E-state index in [2.05, 4.69) is 28.7 Å². The average Bonchev–Trinajstić information content (AvgIpc) is 2.90. The van der Waals surface area contributed by atoms with Crippen LogP contribution in [-0.2, 0) is 31.2 Å². The van der Waals surface area contributed by atoms with Crippen LogP contribution in [0, 0.1) is 0 Å². The fraction of sp³-hybridized carbons (Fsp3) is 0.611. The first-order valence-corrected chi connectivity index (χ1v) is 9.14. The molecule has 3 rings (SSSR count). The minimum absolute atomic E-state index is 0.169. The number of aryl methyl sites for hydroxylation is 1. The van der Waals surface area contributed by atoms with Crippen LogP contribution in [0.4, 0.5) is 5.82 Å². The molecule has 1 aliphatic rings. The van der Waals surface area contributed by atoms with Crippen molar-refractivity contribution in [3.8, 4) is 0 Å². The number of ether oxygens (including phenoxy) is 1. The number of nitrogens with zero attached hydrogens (tertiary/aromatic N) is 4. The number of fused-ring (bicyclic) bond motifs is 1. The standard InChI is InChI=1S/C18H28N6O/c1-4-14(16-8-11-20-24(16)3)22-18-13-6-9-19-10-7-15(13)21-17(23-18)12-25-5-2/h8,11,14,19H,4-7,9-10,12H2,1-3H3,(H,21,22,23)/t14-/m0/s1. The summed E-state index contributed by atoms with van der Waals surface area (Å²) in [6.07, 6.45) is 4.66. The highest BCUT2D eigenvalue weighted by Crippen LogP contribution is 2.26. The van der Waals surface area contributed by atoms with Gasteiger partial charge in [-0.25, -0.2) is 9.97 Å². The first-order chi connectivity index (χ1) is 12.2. The minimum atomic E-state index is 0.169. The molecule has 2 aromatic heterocycles. The van der Waals surface area contributed by atoms with Crippen LogP contribution in [0.15, 0.2) is 12.3 Å². The fourth-order valence-electron chi connectivity index (χ4n) is 3.25. The van der Waals surface area contributed by atoms with Crippen LogP contribution < -0.4 is 10.6 Å². The van der Waals surface area contributed by atoms with Gasteiger partial charge < -0.3 is 15.4 Å². The lowest BCUT2D eigenvalue weighted by Crippen LogP contribution is -2.18. The van der Waals surface area contributed by atoms with Crippen molar-refractivity contribution in [2.45, 2.75) is 45.8 Å². The van der Waals surface area contributed by atoms with Crippen molar-refractivity contribution >= 4 is 5.82 Å². The van der Waals surface area contributed by atoms with E-state index in [4.69, 9.17) is 14.7 Å². The molecule has 0 spiro atoms. The van der Waals surface area contributed by atoms with Gasteiger partial charge in [0.1, 0.15) is 12.4 Å². The van der Waals surface area contributed by atoms with Gasteiger partial charge in [0.2, 0.25) is 0 Å². The van der Waals surface area contributed by atoms with Gasteiger partial charge in [-0.1, -0.05) is 6.92 Å². The zero-order valence-electron chi connectivity index (χ0n) is 15.4. The number of hydrogen-bond acceptors (Lipinski definition) is 6. The van der Waals surface area contributed by atoms with Crippen molar-refractivity contribution in [2.75, 3.05) is 25.0 Å². The first kappa shape index (κ1) is 17.8. The maximum Gasteiger partial charge on any atom is 0.156 e. The summed E-state index contributed by atoms with van der Waals surface area (Å²) in [7, 11) is 1.98. The van der Waals surface area contributed by atoms with Crippen molar-refractivity contribution in [1.82, 2.24) is 25.1 Å². The fourth-order valence-corrected chi connectivity index (χ4v) is 3.25. The second kappa shape index (κ2) is 8.40. The lowest BCUT2D eigenvalue weighted by molar-refractivity contribution is 0.128. The predicted molar refractivity (Wildman–Crippen MR) is 97.5 cm³/mol. The Balaban J connectivity index is 1.93. The number of rotatable bonds is 7. The molecule has 0 aliphatic carbocycles. The normalized spacial score (nSPS) is 15.5. The van der Waals surface area contributed by atoms with Gasteiger partial charge in [0.15, 0.2) is 5.82 Å². The van der Waals surface area contributed by atoms with Crippen LogP contribution in [0.3, 0.4) is 0 Å². The quantitative estimate of drug-likeness (QED) is 0.800. The molecule has 0 amide bonds. The molecule has 7 heteroatoms. The molecule has 1 atom stereocenters. The van der Waals surface area contributed by atoms with E-state index in [1.807, 2.05) is 24.9 Å². The Kier molecular flexibility index (Phi) is 5.99. The second-order valence-corrected chi connectivity index (χ2v) is 6.29. The first-order valence-electron chi connectivity index (χ1n) is 9.14. The topological polar surface area (TPSA) is 76.9 Å². The molecular weight excluding hydrogens is 316 g/mol. The summed E-state index contributed by atoms with van der Waals surface area (Å²) in [5.74, 6) is 1.70. The Morgan fingerprint density at radius 2 is 2.12 bits per heavy atom. The Hall–Kier alpha value is -1.99. The summed E-state index contributed by atoms with van der Waals surface area (Å²) in [6, 6.07) is 2.23. The highest BCUT2D eigenvalue weighted by molar-refractivity contribution is 5.49. The Morgan fingerprint density at radius 3 is 2.84 bits per heavy atom. The molecule has 1 aliphatic heterocycles. The van der Waals surface area contributed by atoms with Gasteiger partial charge in [-0.3, -0.25) is 4.68 Å². The van der Waals surface area contributed by atoms with Gasteiger partial charge in [-0.05, 0) is 32.4 Å². The average molecular weight is 344 g/mol. The van der Waals surface area contributed by atoms with E-state index in [0.717, 1.165) is 55.4 Å². The third kappa shape index (κ3) is 4.16. The number of anilines is 1. The van der Waals surface area contributed by atoms with Crippen molar-refractivity contribution in [3.05, 3.63) is 35.0 Å². The van der Waals surface area contributed by atoms with Gasteiger partial charge in [0, 0.05) is 38.4 Å². The zero-order chi connectivity index (χ0) is 17.6. The third-order valence-electron chi connectivity index (χ3n) is 4.60. The van der Waals surface area contributed by atoms with Crippen LogP contribution in [-0.4, -0.2) is 39.4 Å². The molecule has 0 bridgehead atoms. The molecule has 0 aromatic carbocycles. The summed E-state index contributed by atoms with van der Waals surface area (Å²) in [5.41, 5.74) is 3.52. The predicted octanol–water partition coefficient (Wildman–Crippen LogP) is 2.00. The zero-order valence-corrected chi connectivity index (χ0v) is 15.4. The van der Waals surface area contributed by atoms with Crippen LogP contribution >= 0.6 is 0 Å². The summed E-state index contributed by atoms with van der Waals surface area (Å²) in [6.45, 7) is 7.19. The van der Waals surface area contributed by atoms with Crippen molar-refractivity contribution in [1.29, 1.82) is 0 Å². The molecule has 136 valence electrons. The highest BCUT2D eigenvalue weighted by atomic mass is 16.5. The molecule has 0 radical (unpaired) electrons. The minimum Gasteiger partial charge on any atom is -0.374 e. The van der Waals surface area contributed by atoms with Crippen LogP contribution in [0.1, 0.15) is 49.1 Å². The number of nitrogens with one attached hydrogen (secondary N) is 2. The van der Waals surface area contributed by atoms with E-state index in [1.165, 1.54) is 5.56 Å². The molecule has 2 aromatic rings. The van der Waals surface area contributed by atoms with Gasteiger partial charge >= 0.3 is 0 Å². The van der Waals surface area contributed by atoms with E-state index >= 15 is 0 Å². The van der Waals surface area contributed by atoms with Gasteiger partial charge in [0.05, 0.1) is 17.4 Å². The molecule has 25 heavy (non-hydrogen) atoms. The Labute approximate surface area is 149 Å². The molecule has 3 heterocycles. The van der Waals surface area contributed by atoms with Gasteiger partial charge in [0.25, 0.3) is 0 Å². The van der Waals surface area contributed by atoms with Crippen LogP contribution in [0.2, 0.25) is 0 Å². The van der Waals surface area contributed by atoms with Crippen molar-refractivity contribution < 1.29 is 4.74 Å². The molecule has 0 saturated carbocycles. The van der Waals surface area contributed by atoms with Gasteiger partial charge in [-0.15, -0.1) is 0 Å². The van der Waals surface area contributed by atoms with E-state index < -0.39 is 0 Å². The smallest absolute Gasteiger partial charge is 0.156 e. The maximum atomic E-state index is 5.54. The summed E-state index contributed by atoms with van der Waals surface area (Å²) in [5, 5.41) is 11.4. The maximum absolute atomic E-state index is 5.54. The largest absolute Gasteiger partial charge is 0.374 e. The second-order valence-electron chi connectivity index (χ2n) is 6.29. The highest BCUT2D eigenvalue weighted by Gasteiger charge is 2.20. The molecule has 7 nitrogen and oxygen atoms in total. The Bertz CT molecular complexity index is 699. The summed E-state index contributed by atoms with van der Waals surface area (Å²) >= 11 is 0. The number of hydrogen-bond donors (Lipinski definition) is 2. The molecule has 0 unspecified atom stereocenters. The van der Waals surface area contributed by atoms with Crippen molar-refractivity contribution in [3.63, 3.8) is 0 Å².